The number of aryl methyl sites for hydroxylation is 1. The number of ether oxygens (including phenoxy) is 3. The van der Waals surface area contributed by atoms with Gasteiger partial charge in [-0.15, -0.1) is 0 Å². The maximum Gasteiger partial charge on any atom is 0.297 e. The van der Waals surface area contributed by atoms with E-state index in [1.807, 2.05) is 6.92 Å². The third kappa shape index (κ3) is 6.94. The molecule has 0 aliphatic carbocycles. The zero-order valence-corrected chi connectivity index (χ0v) is 21.2. The van der Waals surface area contributed by atoms with Crippen molar-refractivity contribution in [2.45, 2.75) is 56.2 Å². The van der Waals surface area contributed by atoms with Gasteiger partial charge in [-0.2, -0.15) is 8.42 Å². The number of rotatable bonds is 9. The number of aliphatic hydroxyl groups excluding tert-OH is 1. The minimum absolute atomic E-state index is 0.0531. The Bertz CT molecular complexity index is 1150. The molecule has 0 bridgehead atoms. The molecular weight excluding hydrogens is 492 g/mol. The zero-order valence-electron chi connectivity index (χ0n) is 20.3. The van der Waals surface area contributed by atoms with E-state index >= 15 is 0 Å². The van der Waals surface area contributed by atoms with Crippen LogP contribution in [0, 0.1) is 6.92 Å². The van der Waals surface area contributed by atoms with Crippen LogP contribution < -0.4 is 20.1 Å². The number of hydrogen-bond acceptors (Lipinski definition) is 9. The zero-order chi connectivity index (χ0) is 26.5. The Balaban J connectivity index is 1.86. The molecule has 196 valence electrons. The monoisotopic (exact) mass is 522 g/mol. The topological polar surface area (TPSA) is 149 Å². The van der Waals surface area contributed by atoms with E-state index in [4.69, 9.17) is 18.4 Å². The highest BCUT2D eigenvalue weighted by molar-refractivity contribution is 7.86. The van der Waals surface area contributed by atoms with Crippen LogP contribution in [0.5, 0.6) is 11.5 Å². The van der Waals surface area contributed by atoms with E-state index in [1.54, 1.807) is 36.4 Å². The summed E-state index contributed by atoms with van der Waals surface area (Å²) in [5.41, 5.74) is 0.876. The Kier molecular flexibility index (Phi) is 8.90. The molecule has 12 heteroatoms. The molecule has 1 aliphatic heterocycles. The first-order valence-corrected chi connectivity index (χ1v) is 12.6. The van der Waals surface area contributed by atoms with Crippen molar-refractivity contribution in [2.75, 3.05) is 13.7 Å². The van der Waals surface area contributed by atoms with Gasteiger partial charge < -0.3 is 30.0 Å². The number of amides is 2. The summed E-state index contributed by atoms with van der Waals surface area (Å²) in [6.45, 7) is 3.78. The summed E-state index contributed by atoms with van der Waals surface area (Å²) in [4.78, 5) is 23.6. The number of nitrogens with one attached hydrogen (secondary N) is 2. The molecule has 36 heavy (non-hydrogen) atoms. The van der Waals surface area contributed by atoms with Gasteiger partial charge in [0.05, 0.1) is 24.7 Å². The quantitative estimate of drug-likeness (QED) is 0.408. The van der Waals surface area contributed by atoms with Gasteiger partial charge in [0.1, 0.15) is 29.7 Å². The molecule has 2 amide bonds. The second-order valence-electron chi connectivity index (χ2n) is 8.33. The van der Waals surface area contributed by atoms with Crippen molar-refractivity contribution in [1.82, 2.24) is 10.6 Å². The molecule has 0 spiro atoms. The Morgan fingerprint density at radius 2 is 1.50 bits per heavy atom. The fourth-order valence-electron chi connectivity index (χ4n) is 3.71. The molecule has 1 fully saturated rings. The second kappa shape index (κ2) is 11.7. The first kappa shape index (κ1) is 27.4. The fraction of sp³-hybridized carbons (Fsp3) is 0.417. The fourth-order valence-corrected chi connectivity index (χ4v) is 4.63. The van der Waals surface area contributed by atoms with Gasteiger partial charge in [-0.25, -0.2) is 0 Å². The SMILES string of the molecule is COc1ccc(O[C@@H]2OC(COS(=O)(=O)c3ccc(C)cc3)[C@@H](NC(C)=O)C(O)[C@H]2NC(C)=O)cc1. The second-order valence-corrected chi connectivity index (χ2v) is 9.95. The van der Waals surface area contributed by atoms with Gasteiger partial charge in [-0.3, -0.25) is 13.8 Å². The normalized spacial score (nSPS) is 24.0. The van der Waals surface area contributed by atoms with Crippen molar-refractivity contribution in [3.05, 3.63) is 54.1 Å². The molecule has 1 heterocycles. The van der Waals surface area contributed by atoms with Crippen molar-refractivity contribution in [3.8, 4) is 11.5 Å². The number of hydrogen-bond donors (Lipinski definition) is 3. The smallest absolute Gasteiger partial charge is 0.297 e. The molecule has 1 saturated heterocycles. The lowest BCUT2D eigenvalue weighted by molar-refractivity contribution is -0.213. The van der Waals surface area contributed by atoms with E-state index in [1.165, 1.54) is 33.1 Å². The predicted molar refractivity (Wildman–Crippen MR) is 128 cm³/mol. The highest BCUT2D eigenvalue weighted by atomic mass is 32.2. The van der Waals surface area contributed by atoms with E-state index in [2.05, 4.69) is 10.6 Å². The lowest BCUT2D eigenvalue weighted by Crippen LogP contribution is -2.69. The number of carbonyl (C=O) groups excluding carboxylic acids is 2. The average Bonchev–Trinajstić information content (AvgIpc) is 2.82. The first-order chi connectivity index (χ1) is 17.0. The molecule has 5 atom stereocenters. The van der Waals surface area contributed by atoms with Crippen LogP contribution in [0.25, 0.3) is 0 Å². The summed E-state index contributed by atoms with van der Waals surface area (Å²) in [5, 5.41) is 16.2. The Morgan fingerprint density at radius 1 is 0.944 bits per heavy atom. The van der Waals surface area contributed by atoms with E-state index < -0.39 is 59.1 Å². The van der Waals surface area contributed by atoms with Crippen LogP contribution in [-0.2, 0) is 28.6 Å². The van der Waals surface area contributed by atoms with Gasteiger partial charge >= 0.3 is 0 Å². The van der Waals surface area contributed by atoms with Crippen molar-refractivity contribution in [3.63, 3.8) is 0 Å². The lowest BCUT2D eigenvalue weighted by Gasteiger charge is -2.44. The molecule has 2 aromatic rings. The van der Waals surface area contributed by atoms with Gasteiger partial charge in [0.25, 0.3) is 10.1 Å². The standard InChI is InChI=1S/C24H30N2O9S/c1-14-5-11-19(12-6-14)36(30,31)33-13-20-21(25-15(2)27)23(29)22(26-16(3)28)24(35-20)34-18-9-7-17(32-4)8-10-18/h5-12,20-24,29H,13H2,1-4H3,(H,25,27)(H,26,28)/t20?,21-,22-,23?,24-/m1/s1. The Morgan fingerprint density at radius 3 is 2.06 bits per heavy atom. The molecule has 11 nitrogen and oxygen atoms in total. The van der Waals surface area contributed by atoms with E-state index in [0.717, 1.165) is 5.56 Å². The first-order valence-electron chi connectivity index (χ1n) is 11.1. The molecule has 3 N–H and O–H groups in total. The highest BCUT2D eigenvalue weighted by Crippen LogP contribution is 2.27. The molecular formula is C24H30N2O9S. The van der Waals surface area contributed by atoms with Crippen LogP contribution in [0.1, 0.15) is 19.4 Å². The summed E-state index contributed by atoms with van der Waals surface area (Å²) >= 11 is 0. The number of aliphatic hydroxyl groups is 1. The van der Waals surface area contributed by atoms with E-state index in [0.29, 0.717) is 11.5 Å². The van der Waals surface area contributed by atoms with Crippen LogP contribution in [0.4, 0.5) is 0 Å². The van der Waals surface area contributed by atoms with Gasteiger partial charge in [-0.05, 0) is 43.3 Å². The molecule has 0 radical (unpaired) electrons. The minimum Gasteiger partial charge on any atom is -0.497 e. The van der Waals surface area contributed by atoms with Crippen LogP contribution in [0.2, 0.25) is 0 Å². The van der Waals surface area contributed by atoms with Crippen molar-refractivity contribution < 1.29 is 41.5 Å². The summed E-state index contributed by atoms with van der Waals surface area (Å²) < 4.78 is 47.6. The molecule has 0 saturated carbocycles. The van der Waals surface area contributed by atoms with Crippen LogP contribution in [-0.4, -0.2) is 69.6 Å². The van der Waals surface area contributed by atoms with Crippen LogP contribution in [0.15, 0.2) is 53.4 Å². The van der Waals surface area contributed by atoms with E-state index in [9.17, 15) is 23.1 Å². The summed E-state index contributed by atoms with van der Waals surface area (Å²) in [6, 6.07) is 10.4. The van der Waals surface area contributed by atoms with Gasteiger partial charge in [-0.1, -0.05) is 17.7 Å². The predicted octanol–water partition coefficient (Wildman–Crippen LogP) is 0.883. The molecule has 2 aromatic carbocycles. The highest BCUT2D eigenvalue weighted by Gasteiger charge is 2.48. The minimum atomic E-state index is -4.16. The molecule has 2 unspecified atom stereocenters. The van der Waals surface area contributed by atoms with Gasteiger partial charge in [0.2, 0.25) is 18.1 Å². The average molecular weight is 523 g/mol. The Labute approximate surface area is 209 Å². The number of benzene rings is 2. The third-order valence-electron chi connectivity index (χ3n) is 5.49. The van der Waals surface area contributed by atoms with Crippen LogP contribution >= 0.6 is 0 Å². The van der Waals surface area contributed by atoms with Gasteiger partial charge in [0, 0.05) is 13.8 Å². The summed E-state index contributed by atoms with van der Waals surface area (Å²) in [7, 11) is -2.65. The Hall–Kier alpha value is -3.19. The molecule has 1 aliphatic rings. The summed E-state index contributed by atoms with van der Waals surface area (Å²) in [5.74, 6) is -0.0358. The maximum atomic E-state index is 12.7. The maximum absolute atomic E-state index is 12.7. The van der Waals surface area contributed by atoms with Gasteiger partial charge in [0.15, 0.2) is 0 Å². The summed E-state index contributed by atoms with van der Waals surface area (Å²) in [6.07, 6.45) is -3.78. The van der Waals surface area contributed by atoms with E-state index in [-0.39, 0.29) is 4.90 Å². The third-order valence-corrected chi connectivity index (χ3v) is 6.78. The van der Waals surface area contributed by atoms with Crippen molar-refractivity contribution in [2.24, 2.45) is 0 Å². The molecule has 3 rings (SSSR count). The van der Waals surface area contributed by atoms with Crippen LogP contribution in [0.3, 0.4) is 0 Å². The number of carbonyl (C=O) groups is 2. The molecule has 0 aromatic heterocycles. The van der Waals surface area contributed by atoms with Crippen molar-refractivity contribution in [1.29, 1.82) is 0 Å². The number of methoxy groups -OCH3 is 1. The van der Waals surface area contributed by atoms with Crippen molar-refractivity contribution >= 4 is 21.9 Å². The lowest BCUT2D eigenvalue weighted by atomic mass is 9.94. The largest absolute Gasteiger partial charge is 0.497 e.